The van der Waals surface area contributed by atoms with Crippen molar-refractivity contribution < 1.29 is 4.79 Å². The molecular formula is C15H25N3O. The molecule has 0 saturated heterocycles. The van der Waals surface area contributed by atoms with Crippen molar-refractivity contribution in [3.63, 3.8) is 0 Å². The summed E-state index contributed by atoms with van der Waals surface area (Å²) in [5.74, 6) is 0.609. The van der Waals surface area contributed by atoms with Crippen LogP contribution in [0.3, 0.4) is 0 Å². The Balaban J connectivity index is 2.51. The Morgan fingerprint density at radius 2 is 2.21 bits per heavy atom. The number of carbonyl (C=O) groups excluding carboxylic acids is 1. The minimum Gasteiger partial charge on any atom is -0.345 e. The zero-order valence-electron chi connectivity index (χ0n) is 12.4. The van der Waals surface area contributed by atoms with Crippen molar-refractivity contribution in [3.8, 4) is 0 Å². The lowest BCUT2D eigenvalue weighted by atomic mass is 9.94. The Morgan fingerprint density at radius 3 is 2.74 bits per heavy atom. The lowest BCUT2D eigenvalue weighted by molar-refractivity contribution is -0.135. The van der Waals surface area contributed by atoms with Crippen LogP contribution in [0, 0.1) is 11.8 Å². The Labute approximate surface area is 116 Å². The molecule has 106 valence electrons. The zero-order valence-corrected chi connectivity index (χ0v) is 12.4. The molecule has 0 aliphatic carbocycles. The summed E-state index contributed by atoms with van der Waals surface area (Å²) in [6.07, 6.45) is 4.46. The number of rotatable bonds is 7. The van der Waals surface area contributed by atoms with E-state index >= 15 is 0 Å². The van der Waals surface area contributed by atoms with Gasteiger partial charge in [0.25, 0.3) is 0 Å². The Morgan fingerprint density at radius 1 is 1.47 bits per heavy atom. The third-order valence-corrected chi connectivity index (χ3v) is 3.38. The second-order valence-electron chi connectivity index (χ2n) is 5.28. The Bertz CT molecular complexity index is 378. The predicted octanol–water partition coefficient (Wildman–Crippen LogP) is 1.57. The van der Waals surface area contributed by atoms with Gasteiger partial charge in [0, 0.05) is 32.5 Å². The van der Waals surface area contributed by atoms with Gasteiger partial charge in [-0.3, -0.25) is 9.78 Å². The molecule has 0 saturated carbocycles. The van der Waals surface area contributed by atoms with Crippen molar-refractivity contribution in [3.05, 3.63) is 30.1 Å². The first kappa shape index (κ1) is 15.6. The van der Waals surface area contributed by atoms with Gasteiger partial charge in [-0.1, -0.05) is 19.9 Å². The van der Waals surface area contributed by atoms with Crippen LogP contribution >= 0.6 is 0 Å². The minimum absolute atomic E-state index is 0.0453. The fraction of sp³-hybridized carbons (Fsp3) is 0.600. The summed E-state index contributed by atoms with van der Waals surface area (Å²) >= 11 is 0. The summed E-state index contributed by atoms with van der Waals surface area (Å²) in [6, 6.07) is 3.97. The first-order chi connectivity index (χ1) is 9.06. The van der Waals surface area contributed by atoms with Crippen LogP contribution in [-0.2, 0) is 11.2 Å². The van der Waals surface area contributed by atoms with E-state index in [2.05, 4.69) is 24.1 Å². The van der Waals surface area contributed by atoms with Crippen molar-refractivity contribution in [1.29, 1.82) is 0 Å². The molecule has 0 aliphatic heterocycles. The van der Waals surface area contributed by atoms with E-state index in [1.807, 2.05) is 37.3 Å². The van der Waals surface area contributed by atoms with Crippen LogP contribution in [0.5, 0.6) is 0 Å². The Hall–Kier alpha value is -1.42. The molecule has 0 bridgehead atoms. The van der Waals surface area contributed by atoms with Crippen molar-refractivity contribution in [2.45, 2.75) is 20.3 Å². The van der Waals surface area contributed by atoms with E-state index in [4.69, 9.17) is 0 Å². The molecule has 0 fully saturated rings. The van der Waals surface area contributed by atoms with Crippen LogP contribution in [0.4, 0.5) is 0 Å². The smallest absolute Gasteiger partial charge is 0.226 e. The molecule has 1 N–H and O–H groups in total. The number of likely N-dealkylation sites (N-methyl/N-ethyl adjacent to an activating group) is 1. The number of nitrogens with one attached hydrogen (secondary N) is 1. The van der Waals surface area contributed by atoms with Crippen LogP contribution in [0.25, 0.3) is 0 Å². The van der Waals surface area contributed by atoms with Gasteiger partial charge in [-0.2, -0.15) is 0 Å². The van der Waals surface area contributed by atoms with Crippen molar-refractivity contribution >= 4 is 5.91 Å². The highest BCUT2D eigenvalue weighted by molar-refractivity contribution is 5.79. The number of carbonyl (C=O) groups is 1. The standard InChI is InChI=1S/C15H25N3O/c1-12(2)14(11-16-3)15(19)18(4)9-7-13-6-5-8-17-10-13/h5-6,8,10,12,14,16H,7,9,11H2,1-4H3. The van der Waals surface area contributed by atoms with Gasteiger partial charge in [0.15, 0.2) is 0 Å². The zero-order chi connectivity index (χ0) is 14.3. The number of aromatic nitrogens is 1. The van der Waals surface area contributed by atoms with E-state index < -0.39 is 0 Å². The molecule has 1 unspecified atom stereocenters. The molecule has 1 atom stereocenters. The third kappa shape index (κ3) is 4.99. The van der Waals surface area contributed by atoms with Gasteiger partial charge >= 0.3 is 0 Å². The van der Waals surface area contributed by atoms with Crippen LogP contribution in [0.15, 0.2) is 24.5 Å². The van der Waals surface area contributed by atoms with Gasteiger partial charge in [-0.15, -0.1) is 0 Å². The highest BCUT2D eigenvalue weighted by atomic mass is 16.2. The molecule has 1 aromatic rings. The number of nitrogens with zero attached hydrogens (tertiary/aromatic N) is 2. The fourth-order valence-corrected chi connectivity index (χ4v) is 2.06. The lowest BCUT2D eigenvalue weighted by Crippen LogP contribution is -2.40. The molecule has 4 heteroatoms. The number of amides is 1. The molecule has 1 aromatic heterocycles. The topological polar surface area (TPSA) is 45.2 Å². The lowest BCUT2D eigenvalue weighted by Gasteiger charge is -2.26. The number of pyridine rings is 1. The monoisotopic (exact) mass is 263 g/mol. The molecule has 1 rings (SSSR count). The van der Waals surface area contributed by atoms with Crippen LogP contribution in [0.1, 0.15) is 19.4 Å². The van der Waals surface area contributed by atoms with Gasteiger partial charge in [-0.25, -0.2) is 0 Å². The van der Waals surface area contributed by atoms with Crippen molar-refractivity contribution in [1.82, 2.24) is 15.2 Å². The van der Waals surface area contributed by atoms with E-state index in [-0.39, 0.29) is 11.8 Å². The van der Waals surface area contributed by atoms with Crippen LogP contribution < -0.4 is 5.32 Å². The van der Waals surface area contributed by atoms with E-state index in [1.54, 1.807) is 6.20 Å². The van der Waals surface area contributed by atoms with E-state index in [1.165, 1.54) is 0 Å². The molecule has 4 nitrogen and oxygen atoms in total. The number of hydrogen-bond donors (Lipinski definition) is 1. The fourth-order valence-electron chi connectivity index (χ4n) is 2.06. The molecule has 0 aliphatic rings. The molecule has 0 radical (unpaired) electrons. The van der Waals surface area contributed by atoms with Crippen molar-refractivity contribution in [2.24, 2.45) is 11.8 Å². The summed E-state index contributed by atoms with van der Waals surface area (Å²) < 4.78 is 0. The van der Waals surface area contributed by atoms with Gasteiger partial charge in [0.05, 0.1) is 5.92 Å². The van der Waals surface area contributed by atoms with Gasteiger partial charge in [-0.05, 0) is 31.0 Å². The minimum atomic E-state index is 0.0453. The highest BCUT2D eigenvalue weighted by Gasteiger charge is 2.24. The maximum absolute atomic E-state index is 12.4. The average molecular weight is 263 g/mol. The molecular weight excluding hydrogens is 238 g/mol. The highest BCUT2D eigenvalue weighted by Crippen LogP contribution is 2.13. The Kier molecular flexibility index (Phi) is 6.50. The molecule has 1 heterocycles. The average Bonchev–Trinajstić information content (AvgIpc) is 2.42. The molecule has 19 heavy (non-hydrogen) atoms. The first-order valence-corrected chi connectivity index (χ1v) is 6.84. The predicted molar refractivity (Wildman–Crippen MR) is 77.8 cm³/mol. The summed E-state index contributed by atoms with van der Waals surface area (Å²) in [5, 5.41) is 3.10. The number of hydrogen-bond acceptors (Lipinski definition) is 3. The summed E-state index contributed by atoms with van der Waals surface area (Å²) in [5.41, 5.74) is 1.16. The van der Waals surface area contributed by atoms with Gasteiger partial charge in [0.2, 0.25) is 5.91 Å². The summed E-state index contributed by atoms with van der Waals surface area (Å²) in [4.78, 5) is 18.3. The third-order valence-electron chi connectivity index (χ3n) is 3.38. The summed E-state index contributed by atoms with van der Waals surface area (Å²) in [6.45, 7) is 5.65. The molecule has 1 amide bonds. The maximum atomic E-state index is 12.4. The van der Waals surface area contributed by atoms with Crippen LogP contribution in [-0.4, -0.2) is 43.0 Å². The second kappa shape index (κ2) is 7.89. The van der Waals surface area contributed by atoms with E-state index in [0.29, 0.717) is 5.92 Å². The summed E-state index contributed by atoms with van der Waals surface area (Å²) in [7, 11) is 3.77. The molecule has 0 spiro atoms. The van der Waals surface area contributed by atoms with Crippen LogP contribution in [0.2, 0.25) is 0 Å². The molecule has 0 aromatic carbocycles. The van der Waals surface area contributed by atoms with Gasteiger partial charge in [0.1, 0.15) is 0 Å². The second-order valence-corrected chi connectivity index (χ2v) is 5.28. The normalized spacial score (nSPS) is 12.5. The SMILES string of the molecule is CNCC(C(=O)N(C)CCc1cccnc1)C(C)C. The van der Waals surface area contributed by atoms with Crippen molar-refractivity contribution in [2.75, 3.05) is 27.2 Å². The van der Waals surface area contributed by atoms with E-state index in [9.17, 15) is 4.79 Å². The maximum Gasteiger partial charge on any atom is 0.226 e. The largest absolute Gasteiger partial charge is 0.345 e. The first-order valence-electron chi connectivity index (χ1n) is 6.84. The van der Waals surface area contributed by atoms with E-state index in [0.717, 1.165) is 25.1 Å². The van der Waals surface area contributed by atoms with Gasteiger partial charge < -0.3 is 10.2 Å². The quantitative estimate of drug-likeness (QED) is 0.812.